The molecule has 26 heavy (non-hydrogen) atoms. The van der Waals surface area contributed by atoms with Crippen LogP contribution in [0, 0.1) is 0 Å². The van der Waals surface area contributed by atoms with E-state index in [1.807, 2.05) is 0 Å². The third kappa shape index (κ3) is 3.77. The maximum atomic E-state index is 12.4. The molecule has 0 spiro atoms. The summed E-state index contributed by atoms with van der Waals surface area (Å²) in [5.74, 6) is 0.806. The molecule has 3 rings (SSSR count). The van der Waals surface area contributed by atoms with Gasteiger partial charge in [0.1, 0.15) is 4.88 Å². The summed E-state index contributed by atoms with van der Waals surface area (Å²) in [4.78, 5) is 12.7. The van der Waals surface area contributed by atoms with Gasteiger partial charge in [0.05, 0.1) is 25.5 Å². The second kappa shape index (κ2) is 7.95. The van der Waals surface area contributed by atoms with Gasteiger partial charge < -0.3 is 9.47 Å². The Morgan fingerprint density at radius 1 is 1.12 bits per heavy atom. The van der Waals surface area contributed by atoms with E-state index in [1.54, 1.807) is 50.6 Å². The lowest BCUT2D eigenvalue weighted by Crippen LogP contribution is -2.16. The van der Waals surface area contributed by atoms with Crippen LogP contribution in [0.15, 0.2) is 41.5 Å². The van der Waals surface area contributed by atoms with Crippen molar-refractivity contribution in [3.63, 3.8) is 0 Å². The normalized spacial score (nSPS) is 11.1. The average Bonchev–Trinajstić information content (AvgIpc) is 2.97. The largest absolute Gasteiger partial charge is 0.493 e. The number of carbonyl (C=O) groups is 1. The molecule has 0 saturated heterocycles. The predicted octanol–water partition coefficient (Wildman–Crippen LogP) is 4.99. The summed E-state index contributed by atoms with van der Waals surface area (Å²) in [7, 11) is 3.12. The highest BCUT2D eigenvalue weighted by molar-refractivity contribution is 7.21. The molecule has 8 heteroatoms. The minimum atomic E-state index is -0.385. The minimum Gasteiger partial charge on any atom is -0.493 e. The van der Waals surface area contributed by atoms with E-state index >= 15 is 0 Å². The third-order valence-electron chi connectivity index (χ3n) is 3.59. The number of rotatable bonds is 5. The summed E-state index contributed by atoms with van der Waals surface area (Å²) in [6.07, 6.45) is 1.51. The number of carbonyl (C=O) groups excluding carboxylic acids is 1. The fourth-order valence-electron chi connectivity index (χ4n) is 2.33. The van der Waals surface area contributed by atoms with Crippen molar-refractivity contribution in [1.82, 2.24) is 5.43 Å². The molecule has 1 aromatic heterocycles. The Morgan fingerprint density at radius 3 is 2.62 bits per heavy atom. The summed E-state index contributed by atoms with van der Waals surface area (Å²) in [5.41, 5.74) is 3.23. The second-order valence-corrected chi connectivity index (χ2v) is 7.07. The molecule has 0 unspecified atom stereocenters. The van der Waals surface area contributed by atoms with E-state index in [-0.39, 0.29) is 5.91 Å². The smallest absolute Gasteiger partial charge is 0.283 e. The van der Waals surface area contributed by atoms with Gasteiger partial charge in [0.2, 0.25) is 0 Å². The van der Waals surface area contributed by atoms with Gasteiger partial charge in [0, 0.05) is 15.1 Å². The van der Waals surface area contributed by atoms with Crippen molar-refractivity contribution in [3.8, 4) is 11.5 Å². The highest BCUT2D eigenvalue weighted by atomic mass is 35.5. The number of hydrogen-bond donors (Lipinski definition) is 1. The molecule has 0 atom stereocenters. The molecule has 0 aliphatic carbocycles. The maximum Gasteiger partial charge on any atom is 0.283 e. The zero-order valence-electron chi connectivity index (χ0n) is 13.9. The maximum absolute atomic E-state index is 12.4. The fraction of sp³-hybridized carbons (Fsp3) is 0.111. The molecule has 3 aromatic rings. The highest BCUT2D eigenvalue weighted by Crippen LogP contribution is 2.36. The Bertz CT molecular complexity index is 1000. The number of hydrazone groups is 1. The first-order valence-electron chi connectivity index (χ1n) is 7.46. The van der Waals surface area contributed by atoms with Gasteiger partial charge in [-0.15, -0.1) is 11.3 Å². The van der Waals surface area contributed by atoms with E-state index in [1.165, 1.54) is 17.6 Å². The molecule has 5 nitrogen and oxygen atoms in total. The first kappa shape index (κ1) is 18.5. The zero-order valence-corrected chi connectivity index (χ0v) is 16.2. The first-order chi connectivity index (χ1) is 12.5. The Hall–Kier alpha value is -2.28. The van der Waals surface area contributed by atoms with Crippen LogP contribution in [0.1, 0.15) is 15.2 Å². The summed E-state index contributed by atoms with van der Waals surface area (Å²) < 4.78 is 11.3. The molecule has 1 N–H and O–H groups in total. The molecule has 1 heterocycles. The van der Waals surface area contributed by atoms with Gasteiger partial charge in [0.15, 0.2) is 11.5 Å². The van der Waals surface area contributed by atoms with Crippen molar-refractivity contribution in [2.24, 2.45) is 5.10 Å². The lowest BCUT2D eigenvalue weighted by atomic mass is 10.2. The number of fused-ring (bicyclic) bond motifs is 1. The SMILES string of the molecule is COc1ccc(/C=N/NC(=O)c2sc3cc(Cl)ccc3c2Cl)cc1OC. The molecule has 0 saturated carbocycles. The molecular weight excluding hydrogens is 395 g/mol. The molecule has 0 bridgehead atoms. The minimum absolute atomic E-state index is 0.383. The molecule has 0 aliphatic heterocycles. The van der Waals surface area contributed by atoms with Crippen molar-refractivity contribution in [1.29, 1.82) is 0 Å². The molecule has 0 fully saturated rings. The number of halogens is 2. The number of benzene rings is 2. The number of hydrogen-bond acceptors (Lipinski definition) is 5. The summed E-state index contributed by atoms with van der Waals surface area (Å²) >= 11 is 13.5. The van der Waals surface area contributed by atoms with Crippen LogP contribution in [0.25, 0.3) is 10.1 Å². The van der Waals surface area contributed by atoms with Crippen LogP contribution < -0.4 is 14.9 Å². The van der Waals surface area contributed by atoms with Gasteiger partial charge in [-0.3, -0.25) is 4.79 Å². The topological polar surface area (TPSA) is 59.9 Å². The second-order valence-electron chi connectivity index (χ2n) is 5.20. The molecule has 0 aliphatic rings. The van der Waals surface area contributed by atoms with E-state index in [2.05, 4.69) is 10.5 Å². The predicted molar refractivity (Wildman–Crippen MR) is 106 cm³/mol. The Balaban J connectivity index is 1.76. The van der Waals surface area contributed by atoms with Gasteiger partial charge in [-0.2, -0.15) is 5.10 Å². The summed E-state index contributed by atoms with van der Waals surface area (Å²) in [5, 5.41) is 5.75. The molecule has 0 radical (unpaired) electrons. The number of nitrogens with one attached hydrogen (secondary N) is 1. The molecule has 134 valence electrons. The van der Waals surface area contributed by atoms with Crippen molar-refractivity contribution in [2.45, 2.75) is 0 Å². The zero-order chi connectivity index (χ0) is 18.7. The van der Waals surface area contributed by atoms with Crippen molar-refractivity contribution in [2.75, 3.05) is 14.2 Å². The fourth-order valence-corrected chi connectivity index (χ4v) is 4.02. The van der Waals surface area contributed by atoms with Crippen LogP contribution in [0.2, 0.25) is 10.0 Å². The number of nitrogens with zero attached hydrogens (tertiary/aromatic N) is 1. The van der Waals surface area contributed by atoms with Crippen molar-refractivity contribution >= 4 is 56.7 Å². The highest BCUT2D eigenvalue weighted by Gasteiger charge is 2.16. The monoisotopic (exact) mass is 408 g/mol. The van der Waals surface area contributed by atoms with Crippen LogP contribution in [0.4, 0.5) is 0 Å². The van der Waals surface area contributed by atoms with E-state index < -0.39 is 0 Å². The van der Waals surface area contributed by atoms with E-state index in [9.17, 15) is 4.79 Å². The lowest BCUT2D eigenvalue weighted by Gasteiger charge is -2.07. The summed E-state index contributed by atoms with van der Waals surface area (Å²) in [6, 6.07) is 10.6. The third-order valence-corrected chi connectivity index (χ3v) is 5.48. The van der Waals surface area contributed by atoms with Crippen LogP contribution in [0.5, 0.6) is 11.5 Å². The van der Waals surface area contributed by atoms with Gasteiger partial charge in [-0.1, -0.05) is 29.3 Å². The molecular formula is C18H14Cl2N2O3S. The van der Waals surface area contributed by atoms with Crippen LogP contribution in [0.3, 0.4) is 0 Å². The number of amides is 1. The Labute approximate surface area is 164 Å². The van der Waals surface area contributed by atoms with Gasteiger partial charge >= 0.3 is 0 Å². The van der Waals surface area contributed by atoms with E-state index in [0.717, 1.165) is 15.6 Å². The average molecular weight is 409 g/mol. The lowest BCUT2D eigenvalue weighted by molar-refractivity contribution is 0.0959. The Kier molecular flexibility index (Phi) is 5.66. The van der Waals surface area contributed by atoms with Gasteiger partial charge in [-0.25, -0.2) is 5.43 Å². The van der Waals surface area contributed by atoms with E-state index in [4.69, 9.17) is 32.7 Å². The van der Waals surface area contributed by atoms with E-state index in [0.29, 0.717) is 26.4 Å². The molecule has 1 amide bonds. The number of ether oxygens (including phenoxy) is 2. The Morgan fingerprint density at radius 2 is 1.88 bits per heavy atom. The van der Waals surface area contributed by atoms with Crippen molar-refractivity contribution in [3.05, 3.63) is 56.9 Å². The standard InChI is InChI=1S/C18H14Cl2N2O3S/c1-24-13-6-3-10(7-14(13)25-2)9-21-22-18(23)17-16(20)12-5-4-11(19)8-15(12)26-17/h3-9H,1-2H3,(H,22,23)/b21-9+. The van der Waals surface area contributed by atoms with Gasteiger partial charge in [0.25, 0.3) is 5.91 Å². The van der Waals surface area contributed by atoms with Crippen LogP contribution in [-0.4, -0.2) is 26.3 Å². The van der Waals surface area contributed by atoms with Crippen molar-refractivity contribution < 1.29 is 14.3 Å². The quantitative estimate of drug-likeness (QED) is 0.477. The van der Waals surface area contributed by atoms with Gasteiger partial charge in [-0.05, 0) is 35.9 Å². The summed E-state index contributed by atoms with van der Waals surface area (Å²) in [6.45, 7) is 0. The molecule has 2 aromatic carbocycles. The van der Waals surface area contributed by atoms with Crippen LogP contribution >= 0.6 is 34.5 Å². The number of methoxy groups -OCH3 is 2. The van der Waals surface area contributed by atoms with Crippen LogP contribution in [-0.2, 0) is 0 Å². The first-order valence-corrected chi connectivity index (χ1v) is 9.03. The number of thiophene rings is 1.